The molecule has 1 saturated carbocycles. The standard InChI is InChI=1S/C21H27N5O2S/c1-3-13-26-19(16-10-5-4-6-11-16)24-25-21(26)29-14-18(27)23-20(28)22-17-12-8-7-9-15(17)2/h3-6,10-11,15,17H,1,7-9,12-14H2,2H3,(H2,22,23,27,28). The summed E-state index contributed by atoms with van der Waals surface area (Å²) in [6, 6.07) is 9.45. The van der Waals surface area contributed by atoms with Crippen molar-refractivity contribution < 1.29 is 9.59 Å². The van der Waals surface area contributed by atoms with Crippen molar-refractivity contribution in [3.05, 3.63) is 43.0 Å². The maximum Gasteiger partial charge on any atom is 0.321 e. The summed E-state index contributed by atoms with van der Waals surface area (Å²) in [5.74, 6) is 0.883. The zero-order valence-corrected chi connectivity index (χ0v) is 17.5. The van der Waals surface area contributed by atoms with Crippen molar-refractivity contribution in [3.8, 4) is 11.4 Å². The second-order valence-corrected chi connectivity index (χ2v) is 8.19. The summed E-state index contributed by atoms with van der Waals surface area (Å²) in [5.41, 5.74) is 0.944. The second-order valence-electron chi connectivity index (χ2n) is 7.25. The van der Waals surface area contributed by atoms with Gasteiger partial charge in [0.2, 0.25) is 5.91 Å². The fourth-order valence-electron chi connectivity index (χ4n) is 3.52. The highest BCUT2D eigenvalue weighted by Gasteiger charge is 2.23. The van der Waals surface area contributed by atoms with E-state index in [0.29, 0.717) is 17.6 Å². The number of aromatic nitrogens is 3. The Hall–Kier alpha value is -2.61. The molecule has 3 rings (SSSR count). The van der Waals surface area contributed by atoms with Crippen molar-refractivity contribution in [1.29, 1.82) is 0 Å². The smallest absolute Gasteiger partial charge is 0.321 e. The molecule has 1 fully saturated rings. The molecule has 0 aliphatic heterocycles. The summed E-state index contributed by atoms with van der Waals surface area (Å²) in [5, 5.41) is 14.4. The fourth-order valence-corrected chi connectivity index (χ4v) is 4.27. The average Bonchev–Trinajstić information content (AvgIpc) is 3.12. The molecule has 7 nitrogen and oxygen atoms in total. The molecule has 1 aromatic heterocycles. The van der Waals surface area contributed by atoms with Crippen molar-refractivity contribution in [3.63, 3.8) is 0 Å². The molecule has 0 radical (unpaired) electrons. The van der Waals surface area contributed by atoms with E-state index in [4.69, 9.17) is 0 Å². The monoisotopic (exact) mass is 413 g/mol. The van der Waals surface area contributed by atoms with Crippen LogP contribution in [-0.2, 0) is 11.3 Å². The number of nitrogens with one attached hydrogen (secondary N) is 2. The summed E-state index contributed by atoms with van der Waals surface area (Å²) in [6.45, 7) is 6.46. The zero-order valence-electron chi connectivity index (χ0n) is 16.6. The topological polar surface area (TPSA) is 88.9 Å². The van der Waals surface area contributed by atoms with E-state index in [9.17, 15) is 9.59 Å². The van der Waals surface area contributed by atoms with Gasteiger partial charge in [0.15, 0.2) is 11.0 Å². The molecule has 2 aromatic rings. The lowest BCUT2D eigenvalue weighted by atomic mass is 9.86. The lowest BCUT2D eigenvalue weighted by Gasteiger charge is -2.29. The lowest BCUT2D eigenvalue weighted by molar-refractivity contribution is -0.117. The van der Waals surface area contributed by atoms with E-state index in [-0.39, 0.29) is 17.7 Å². The summed E-state index contributed by atoms with van der Waals surface area (Å²) < 4.78 is 1.91. The van der Waals surface area contributed by atoms with Gasteiger partial charge in [-0.25, -0.2) is 4.79 Å². The Kier molecular flexibility index (Phi) is 7.46. The van der Waals surface area contributed by atoms with E-state index < -0.39 is 6.03 Å². The number of hydrogen-bond acceptors (Lipinski definition) is 5. The molecule has 3 amide bonds. The van der Waals surface area contributed by atoms with Gasteiger partial charge in [-0.1, -0.05) is 67.9 Å². The van der Waals surface area contributed by atoms with Gasteiger partial charge in [-0.3, -0.25) is 14.7 Å². The molecule has 29 heavy (non-hydrogen) atoms. The van der Waals surface area contributed by atoms with Crippen LogP contribution in [-0.4, -0.2) is 38.5 Å². The Balaban J connectivity index is 1.56. The third-order valence-electron chi connectivity index (χ3n) is 5.07. The molecule has 2 unspecified atom stereocenters. The number of hydrogen-bond donors (Lipinski definition) is 2. The van der Waals surface area contributed by atoms with Gasteiger partial charge >= 0.3 is 6.03 Å². The van der Waals surface area contributed by atoms with Crippen LogP contribution in [0.25, 0.3) is 11.4 Å². The molecule has 1 aromatic carbocycles. The number of allylic oxidation sites excluding steroid dienone is 1. The van der Waals surface area contributed by atoms with Crippen LogP contribution in [0.2, 0.25) is 0 Å². The van der Waals surface area contributed by atoms with Gasteiger partial charge in [-0.15, -0.1) is 16.8 Å². The van der Waals surface area contributed by atoms with E-state index in [0.717, 1.165) is 30.7 Å². The molecule has 2 atom stereocenters. The molecule has 1 aliphatic carbocycles. The maximum atomic E-state index is 12.2. The Bertz CT molecular complexity index is 852. The number of imide groups is 1. The lowest BCUT2D eigenvalue weighted by Crippen LogP contribution is -2.48. The van der Waals surface area contributed by atoms with Crippen molar-refractivity contribution in [2.24, 2.45) is 5.92 Å². The Morgan fingerprint density at radius 3 is 2.72 bits per heavy atom. The first-order valence-corrected chi connectivity index (χ1v) is 10.9. The first-order valence-electron chi connectivity index (χ1n) is 9.91. The maximum absolute atomic E-state index is 12.2. The summed E-state index contributed by atoms with van der Waals surface area (Å²) in [4.78, 5) is 24.4. The SMILES string of the molecule is C=CCn1c(SCC(=O)NC(=O)NC2CCCCC2C)nnc1-c1ccccc1. The molecule has 0 bridgehead atoms. The number of nitrogens with zero attached hydrogens (tertiary/aromatic N) is 3. The number of carbonyl (C=O) groups is 2. The number of urea groups is 1. The molecule has 2 N–H and O–H groups in total. The van der Waals surface area contributed by atoms with E-state index in [1.165, 1.54) is 18.2 Å². The Morgan fingerprint density at radius 2 is 2.00 bits per heavy atom. The van der Waals surface area contributed by atoms with Crippen molar-refractivity contribution in [2.45, 2.75) is 50.4 Å². The van der Waals surface area contributed by atoms with Crippen LogP contribution in [0.3, 0.4) is 0 Å². The minimum absolute atomic E-state index is 0.0811. The Labute approximate surface area is 175 Å². The minimum atomic E-state index is -0.424. The first kappa shape index (κ1) is 21.1. The van der Waals surface area contributed by atoms with Crippen LogP contribution in [0.1, 0.15) is 32.6 Å². The highest BCUT2D eigenvalue weighted by molar-refractivity contribution is 7.99. The van der Waals surface area contributed by atoms with Gasteiger partial charge in [0, 0.05) is 18.2 Å². The molecule has 1 heterocycles. The van der Waals surface area contributed by atoms with Crippen molar-refractivity contribution in [1.82, 2.24) is 25.4 Å². The van der Waals surface area contributed by atoms with Crippen LogP contribution >= 0.6 is 11.8 Å². The van der Waals surface area contributed by atoms with Crippen LogP contribution in [0, 0.1) is 5.92 Å². The molecular formula is C21H27N5O2S. The highest BCUT2D eigenvalue weighted by Crippen LogP contribution is 2.24. The van der Waals surface area contributed by atoms with Gasteiger partial charge in [0.05, 0.1) is 5.75 Å². The van der Waals surface area contributed by atoms with E-state index >= 15 is 0 Å². The van der Waals surface area contributed by atoms with Crippen LogP contribution in [0.15, 0.2) is 48.1 Å². The predicted octanol–water partition coefficient (Wildman–Crippen LogP) is 3.63. The van der Waals surface area contributed by atoms with E-state index in [1.54, 1.807) is 6.08 Å². The van der Waals surface area contributed by atoms with Gasteiger partial charge in [-0.2, -0.15) is 0 Å². The van der Waals surface area contributed by atoms with Crippen molar-refractivity contribution >= 4 is 23.7 Å². The van der Waals surface area contributed by atoms with E-state index in [1.807, 2.05) is 34.9 Å². The largest absolute Gasteiger partial charge is 0.335 e. The zero-order chi connectivity index (χ0) is 20.6. The fraction of sp³-hybridized carbons (Fsp3) is 0.429. The third kappa shape index (κ3) is 5.69. The number of thioether (sulfide) groups is 1. The minimum Gasteiger partial charge on any atom is -0.335 e. The molecular weight excluding hydrogens is 386 g/mol. The quantitative estimate of drug-likeness (QED) is 0.534. The van der Waals surface area contributed by atoms with Crippen LogP contribution in [0.4, 0.5) is 4.79 Å². The average molecular weight is 414 g/mol. The molecule has 0 spiro atoms. The first-order chi connectivity index (χ1) is 14.1. The summed E-state index contributed by atoms with van der Waals surface area (Å²) in [6.07, 6.45) is 6.15. The summed E-state index contributed by atoms with van der Waals surface area (Å²) >= 11 is 1.25. The van der Waals surface area contributed by atoms with Gasteiger partial charge in [-0.05, 0) is 18.8 Å². The number of amides is 3. The van der Waals surface area contributed by atoms with E-state index in [2.05, 4.69) is 34.3 Å². The number of carbonyl (C=O) groups excluding carboxylic acids is 2. The molecule has 154 valence electrons. The van der Waals surface area contributed by atoms with Gasteiger partial charge in [0.1, 0.15) is 0 Å². The molecule has 1 aliphatic rings. The second kappa shape index (κ2) is 10.2. The van der Waals surface area contributed by atoms with Crippen molar-refractivity contribution in [2.75, 3.05) is 5.75 Å². The highest BCUT2D eigenvalue weighted by atomic mass is 32.2. The normalized spacial score (nSPS) is 18.8. The predicted molar refractivity (Wildman–Crippen MR) is 114 cm³/mol. The van der Waals surface area contributed by atoms with Gasteiger partial charge in [0.25, 0.3) is 0 Å². The number of benzene rings is 1. The molecule has 8 heteroatoms. The molecule has 0 saturated heterocycles. The van der Waals surface area contributed by atoms with Crippen LogP contribution in [0.5, 0.6) is 0 Å². The third-order valence-corrected chi connectivity index (χ3v) is 6.04. The summed E-state index contributed by atoms with van der Waals surface area (Å²) in [7, 11) is 0. The Morgan fingerprint density at radius 1 is 1.24 bits per heavy atom. The van der Waals surface area contributed by atoms with Gasteiger partial charge < -0.3 is 5.32 Å². The van der Waals surface area contributed by atoms with Crippen LogP contribution < -0.4 is 10.6 Å². The number of rotatable bonds is 7.